The summed E-state index contributed by atoms with van der Waals surface area (Å²) in [5.74, 6) is 0. The molecular weight excluding hydrogens is 201 g/mol. The lowest BCUT2D eigenvalue weighted by molar-refractivity contribution is 0.359. The zero-order chi connectivity index (χ0) is 11.6. The highest BCUT2D eigenvalue weighted by molar-refractivity contribution is 5.30. The van der Waals surface area contributed by atoms with Crippen LogP contribution in [0, 0.1) is 0 Å². The van der Waals surface area contributed by atoms with Gasteiger partial charge in [-0.1, -0.05) is 37.1 Å². The number of hydrogen-bond acceptors (Lipinski definition) is 1. The van der Waals surface area contributed by atoms with Crippen molar-refractivity contribution in [1.29, 1.82) is 0 Å². The third kappa shape index (κ3) is 2.43. The van der Waals surface area contributed by atoms with E-state index in [2.05, 4.69) is 12.1 Å². The summed E-state index contributed by atoms with van der Waals surface area (Å²) in [4.78, 5) is 0. The number of rotatable bonds is 3. The zero-order valence-electron chi connectivity index (χ0n) is 9.88. The van der Waals surface area contributed by atoms with Gasteiger partial charge in [-0.3, -0.25) is 0 Å². The van der Waals surface area contributed by atoms with Crippen molar-refractivity contribution in [2.24, 2.45) is 5.73 Å². The summed E-state index contributed by atoms with van der Waals surface area (Å²) in [7, 11) is 0. The van der Waals surface area contributed by atoms with Crippen molar-refractivity contribution in [3.05, 3.63) is 35.4 Å². The van der Waals surface area contributed by atoms with Gasteiger partial charge < -0.3 is 5.73 Å². The molecule has 0 bridgehead atoms. The molecule has 1 saturated carbocycles. The minimum atomic E-state index is -0.785. The maximum absolute atomic E-state index is 13.0. The molecule has 0 radical (unpaired) electrons. The first-order valence-corrected chi connectivity index (χ1v) is 6.12. The Balaban J connectivity index is 2.21. The Bertz CT molecular complexity index is 354. The van der Waals surface area contributed by atoms with Gasteiger partial charge in [0.05, 0.1) is 0 Å². The lowest BCUT2D eigenvalue weighted by Crippen LogP contribution is -2.33. The molecule has 1 nitrogen and oxygen atoms in total. The van der Waals surface area contributed by atoms with Crippen molar-refractivity contribution in [2.75, 3.05) is 0 Å². The molecule has 0 amide bonds. The first-order valence-electron chi connectivity index (χ1n) is 6.12. The van der Waals surface area contributed by atoms with Crippen molar-refractivity contribution in [3.8, 4) is 0 Å². The Morgan fingerprint density at radius 3 is 2.69 bits per heavy atom. The van der Waals surface area contributed by atoms with E-state index in [9.17, 15) is 4.39 Å². The molecular formula is C14H20FN. The lowest BCUT2D eigenvalue weighted by Gasteiger charge is -2.24. The summed E-state index contributed by atoms with van der Waals surface area (Å²) in [6.45, 7) is 1.60. The number of hydrogen-bond donors (Lipinski definition) is 1. The fourth-order valence-electron chi connectivity index (χ4n) is 2.63. The molecule has 1 aliphatic rings. The van der Waals surface area contributed by atoms with Crippen molar-refractivity contribution < 1.29 is 4.39 Å². The standard InChI is InChI=1S/C14H20FN/c1-11(15)9-12-5-4-6-13(10-12)14(16)7-2-3-8-14/h4-6,10-11H,2-3,7-9,16H2,1H3. The smallest absolute Gasteiger partial charge is 0.101 e. The molecule has 1 aromatic rings. The maximum Gasteiger partial charge on any atom is 0.101 e. The second kappa shape index (κ2) is 4.54. The number of alkyl halides is 1. The van der Waals surface area contributed by atoms with E-state index in [-0.39, 0.29) is 5.54 Å². The van der Waals surface area contributed by atoms with Crippen molar-refractivity contribution >= 4 is 0 Å². The minimum absolute atomic E-state index is 0.157. The highest BCUT2D eigenvalue weighted by Crippen LogP contribution is 2.36. The van der Waals surface area contributed by atoms with Crippen LogP contribution < -0.4 is 5.73 Å². The first-order chi connectivity index (χ1) is 7.60. The molecule has 2 rings (SSSR count). The van der Waals surface area contributed by atoms with Gasteiger partial charge in [-0.2, -0.15) is 0 Å². The van der Waals surface area contributed by atoms with Crippen molar-refractivity contribution in [1.82, 2.24) is 0 Å². The van der Waals surface area contributed by atoms with Gasteiger partial charge in [-0.15, -0.1) is 0 Å². The third-order valence-electron chi connectivity index (χ3n) is 3.51. The van der Waals surface area contributed by atoms with Gasteiger partial charge in [0.25, 0.3) is 0 Å². The molecule has 1 unspecified atom stereocenters. The van der Waals surface area contributed by atoms with E-state index >= 15 is 0 Å². The van der Waals surface area contributed by atoms with Crippen LogP contribution in [-0.2, 0) is 12.0 Å². The molecule has 1 atom stereocenters. The Kier molecular flexibility index (Phi) is 3.29. The fraction of sp³-hybridized carbons (Fsp3) is 0.571. The van der Waals surface area contributed by atoms with Gasteiger partial charge >= 0.3 is 0 Å². The van der Waals surface area contributed by atoms with Crippen molar-refractivity contribution in [2.45, 2.75) is 50.7 Å². The Morgan fingerprint density at radius 1 is 1.38 bits per heavy atom. The van der Waals surface area contributed by atoms with E-state index in [1.54, 1.807) is 6.92 Å². The quantitative estimate of drug-likeness (QED) is 0.832. The average Bonchev–Trinajstić information content (AvgIpc) is 2.66. The lowest BCUT2D eigenvalue weighted by atomic mass is 9.88. The van der Waals surface area contributed by atoms with E-state index < -0.39 is 6.17 Å². The van der Waals surface area contributed by atoms with E-state index in [4.69, 9.17) is 5.73 Å². The number of benzene rings is 1. The Morgan fingerprint density at radius 2 is 2.06 bits per heavy atom. The van der Waals surface area contributed by atoms with Crippen LogP contribution in [-0.4, -0.2) is 6.17 Å². The molecule has 0 aromatic heterocycles. The summed E-state index contributed by atoms with van der Waals surface area (Å²) < 4.78 is 13.0. The molecule has 0 heterocycles. The first kappa shape index (κ1) is 11.6. The molecule has 0 spiro atoms. The molecule has 16 heavy (non-hydrogen) atoms. The largest absolute Gasteiger partial charge is 0.321 e. The molecule has 1 aliphatic carbocycles. The summed E-state index contributed by atoms with van der Waals surface area (Å²) in [5.41, 5.74) is 8.47. The molecule has 1 aromatic carbocycles. The molecule has 1 fully saturated rings. The van der Waals surface area contributed by atoms with Gasteiger partial charge in [0.2, 0.25) is 0 Å². The molecule has 0 saturated heterocycles. The minimum Gasteiger partial charge on any atom is -0.321 e. The summed E-state index contributed by atoms with van der Waals surface area (Å²) in [5, 5.41) is 0. The Hall–Kier alpha value is -0.890. The highest BCUT2D eigenvalue weighted by atomic mass is 19.1. The second-order valence-electron chi connectivity index (χ2n) is 5.05. The maximum atomic E-state index is 13.0. The SMILES string of the molecule is CC(F)Cc1cccc(C2(N)CCCC2)c1. The normalized spacial score (nSPS) is 20.9. The molecule has 0 aliphatic heterocycles. The van der Waals surface area contributed by atoms with Crippen LogP contribution in [0.5, 0.6) is 0 Å². The molecule has 2 heteroatoms. The second-order valence-corrected chi connectivity index (χ2v) is 5.05. The summed E-state index contributed by atoms with van der Waals surface area (Å²) in [6, 6.07) is 8.15. The average molecular weight is 221 g/mol. The van der Waals surface area contributed by atoms with Crippen LogP contribution in [0.15, 0.2) is 24.3 Å². The van der Waals surface area contributed by atoms with Crippen LogP contribution in [0.4, 0.5) is 4.39 Å². The van der Waals surface area contributed by atoms with E-state index in [0.717, 1.165) is 18.4 Å². The van der Waals surface area contributed by atoms with Gasteiger partial charge in [-0.05, 0) is 30.9 Å². The van der Waals surface area contributed by atoms with Gasteiger partial charge in [0.15, 0.2) is 0 Å². The summed E-state index contributed by atoms with van der Waals surface area (Å²) in [6.07, 6.45) is 4.24. The summed E-state index contributed by atoms with van der Waals surface area (Å²) >= 11 is 0. The number of halogens is 1. The Labute approximate surface area is 96.9 Å². The third-order valence-corrected chi connectivity index (χ3v) is 3.51. The van der Waals surface area contributed by atoms with E-state index in [0.29, 0.717) is 6.42 Å². The fourth-order valence-corrected chi connectivity index (χ4v) is 2.63. The van der Waals surface area contributed by atoms with Crippen LogP contribution in [0.25, 0.3) is 0 Å². The van der Waals surface area contributed by atoms with E-state index in [1.807, 2.05) is 12.1 Å². The number of nitrogens with two attached hydrogens (primary N) is 1. The predicted molar refractivity (Wildman–Crippen MR) is 65.0 cm³/mol. The zero-order valence-corrected chi connectivity index (χ0v) is 9.88. The highest BCUT2D eigenvalue weighted by Gasteiger charge is 2.31. The molecule has 88 valence electrons. The predicted octanol–water partition coefficient (Wildman–Crippen LogP) is 3.32. The van der Waals surface area contributed by atoms with Crippen molar-refractivity contribution in [3.63, 3.8) is 0 Å². The monoisotopic (exact) mass is 221 g/mol. The van der Waals surface area contributed by atoms with Gasteiger partial charge in [0.1, 0.15) is 6.17 Å². The van der Waals surface area contributed by atoms with E-state index in [1.165, 1.54) is 18.4 Å². The van der Waals surface area contributed by atoms with Gasteiger partial charge in [0, 0.05) is 12.0 Å². The van der Waals surface area contributed by atoms with Crippen LogP contribution >= 0.6 is 0 Å². The van der Waals surface area contributed by atoms with Crippen LogP contribution in [0.1, 0.15) is 43.7 Å². The van der Waals surface area contributed by atoms with Crippen LogP contribution in [0.3, 0.4) is 0 Å². The topological polar surface area (TPSA) is 26.0 Å². The van der Waals surface area contributed by atoms with Crippen LogP contribution in [0.2, 0.25) is 0 Å². The van der Waals surface area contributed by atoms with Gasteiger partial charge in [-0.25, -0.2) is 4.39 Å². The molecule has 2 N–H and O–H groups in total.